The molecule has 0 aliphatic carbocycles. The Morgan fingerprint density at radius 3 is 1.95 bits per heavy atom. The predicted octanol–water partition coefficient (Wildman–Crippen LogP) is 3.16. The number of aryl methyl sites for hydroxylation is 2. The van der Waals surface area contributed by atoms with E-state index in [4.69, 9.17) is 0 Å². The standard InChI is InChI=1S/C15H16N2OSe/c1-11-3-7-13(8-4-11)16-15(18)17(19)14-9-5-12(2)6-10-14/h3-10,19H,1-2H3,(H,16,18). The van der Waals surface area contributed by atoms with Crippen molar-refractivity contribution >= 4 is 33.6 Å². The summed E-state index contributed by atoms with van der Waals surface area (Å²) < 4.78 is 1.53. The van der Waals surface area contributed by atoms with Gasteiger partial charge in [-0.05, 0) is 0 Å². The number of amides is 2. The van der Waals surface area contributed by atoms with Crippen LogP contribution >= 0.6 is 0 Å². The Morgan fingerprint density at radius 2 is 1.42 bits per heavy atom. The van der Waals surface area contributed by atoms with E-state index in [9.17, 15) is 4.79 Å². The predicted molar refractivity (Wildman–Crippen MR) is 81.0 cm³/mol. The first kappa shape index (κ1) is 13.7. The number of hydrogen-bond acceptors (Lipinski definition) is 1. The molecular weight excluding hydrogens is 303 g/mol. The molecule has 0 radical (unpaired) electrons. The fraction of sp³-hybridized carbons (Fsp3) is 0.133. The summed E-state index contributed by atoms with van der Waals surface area (Å²) in [6.45, 7) is 4.03. The summed E-state index contributed by atoms with van der Waals surface area (Å²) in [4.78, 5) is 12.1. The minimum atomic E-state index is -0.173. The molecule has 2 aromatic carbocycles. The normalized spacial score (nSPS) is 10.1. The van der Waals surface area contributed by atoms with E-state index in [-0.39, 0.29) is 6.03 Å². The summed E-state index contributed by atoms with van der Waals surface area (Å²) in [6.07, 6.45) is 0. The Bertz CT molecular complexity index is 564. The summed E-state index contributed by atoms with van der Waals surface area (Å²) in [5, 5.41) is 2.85. The molecular formula is C15H16N2OSe. The van der Waals surface area contributed by atoms with Gasteiger partial charge in [0, 0.05) is 0 Å². The number of urea groups is 1. The van der Waals surface area contributed by atoms with Gasteiger partial charge in [0.15, 0.2) is 0 Å². The summed E-state index contributed by atoms with van der Waals surface area (Å²) in [6, 6.07) is 15.3. The number of benzene rings is 2. The van der Waals surface area contributed by atoms with Crippen LogP contribution in [0.4, 0.5) is 16.2 Å². The summed E-state index contributed by atoms with van der Waals surface area (Å²) in [7, 11) is 0. The van der Waals surface area contributed by atoms with E-state index in [0.29, 0.717) is 0 Å². The van der Waals surface area contributed by atoms with Crippen LogP contribution in [0.5, 0.6) is 0 Å². The molecule has 0 saturated heterocycles. The number of rotatable bonds is 2. The van der Waals surface area contributed by atoms with Crippen LogP contribution in [-0.2, 0) is 0 Å². The van der Waals surface area contributed by atoms with Crippen molar-refractivity contribution in [2.45, 2.75) is 13.8 Å². The van der Waals surface area contributed by atoms with Crippen LogP contribution in [0, 0.1) is 13.8 Å². The Kier molecular flexibility index (Phi) is 4.25. The van der Waals surface area contributed by atoms with Crippen LogP contribution in [-0.4, -0.2) is 22.3 Å². The average molecular weight is 319 g/mol. The monoisotopic (exact) mass is 320 g/mol. The molecule has 0 heterocycles. The molecule has 0 bridgehead atoms. The van der Waals surface area contributed by atoms with Gasteiger partial charge in [-0.3, -0.25) is 0 Å². The summed E-state index contributed by atoms with van der Waals surface area (Å²) in [5.41, 5.74) is 3.97. The quantitative estimate of drug-likeness (QED) is 0.847. The molecule has 0 fully saturated rings. The molecule has 0 aliphatic heterocycles. The second-order valence-electron chi connectivity index (χ2n) is 4.44. The molecule has 3 nitrogen and oxygen atoms in total. The number of hydrogen-bond donors (Lipinski definition) is 1. The maximum atomic E-state index is 12.1. The van der Waals surface area contributed by atoms with Gasteiger partial charge in [0.2, 0.25) is 0 Å². The molecule has 19 heavy (non-hydrogen) atoms. The van der Waals surface area contributed by atoms with Crippen LogP contribution in [0.2, 0.25) is 0 Å². The van der Waals surface area contributed by atoms with Gasteiger partial charge in [-0.1, -0.05) is 0 Å². The van der Waals surface area contributed by atoms with Gasteiger partial charge in [0.25, 0.3) is 0 Å². The van der Waals surface area contributed by atoms with Crippen molar-refractivity contribution in [3.05, 3.63) is 59.7 Å². The second-order valence-corrected chi connectivity index (χ2v) is 5.28. The SMILES string of the molecule is Cc1ccc(NC(=O)N([SeH])c2ccc(C)cc2)cc1. The van der Waals surface area contributed by atoms with Crippen LogP contribution in [0.1, 0.15) is 11.1 Å². The van der Waals surface area contributed by atoms with Crippen LogP contribution in [0.3, 0.4) is 0 Å². The molecule has 2 aromatic rings. The molecule has 2 amide bonds. The van der Waals surface area contributed by atoms with Crippen LogP contribution < -0.4 is 9.23 Å². The van der Waals surface area contributed by atoms with Crippen molar-refractivity contribution in [2.24, 2.45) is 0 Å². The molecule has 0 aromatic heterocycles. The van der Waals surface area contributed by atoms with E-state index in [1.807, 2.05) is 62.4 Å². The number of anilines is 2. The summed E-state index contributed by atoms with van der Waals surface area (Å²) in [5.74, 6) is 0. The van der Waals surface area contributed by atoms with E-state index in [1.165, 1.54) is 15.0 Å². The van der Waals surface area contributed by atoms with Gasteiger partial charge in [-0.25, -0.2) is 0 Å². The van der Waals surface area contributed by atoms with Gasteiger partial charge in [0.05, 0.1) is 0 Å². The third-order valence-electron chi connectivity index (χ3n) is 2.77. The first-order valence-electron chi connectivity index (χ1n) is 5.99. The van der Waals surface area contributed by atoms with E-state index >= 15 is 0 Å². The second kappa shape index (κ2) is 5.91. The van der Waals surface area contributed by atoms with E-state index in [2.05, 4.69) is 21.5 Å². The third-order valence-corrected chi connectivity index (χ3v) is 3.64. The molecule has 0 spiro atoms. The molecule has 98 valence electrons. The molecule has 0 unspecified atom stereocenters. The fourth-order valence-corrected chi connectivity index (χ4v) is 2.00. The van der Waals surface area contributed by atoms with Crippen LogP contribution in [0.15, 0.2) is 48.5 Å². The number of nitrogens with zero attached hydrogens (tertiary/aromatic N) is 1. The van der Waals surface area contributed by atoms with Crippen molar-refractivity contribution < 1.29 is 4.79 Å². The first-order valence-corrected chi connectivity index (χ1v) is 6.83. The molecule has 0 atom stereocenters. The van der Waals surface area contributed by atoms with Gasteiger partial charge in [-0.2, -0.15) is 0 Å². The number of nitrogens with one attached hydrogen (secondary N) is 1. The van der Waals surface area contributed by atoms with Gasteiger partial charge < -0.3 is 0 Å². The van der Waals surface area contributed by atoms with E-state index in [1.54, 1.807) is 0 Å². The molecule has 1 N–H and O–H groups in total. The zero-order valence-electron chi connectivity index (χ0n) is 10.9. The van der Waals surface area contributed by atoms with Crippen molar-refractivity contribution in [1.29, 1.82) is 0 Å². The van der Waals surface area contributed by atoms with Gasteiger partial charge in [-0.15, -0.1) is 0 Å². The topological polar surface area (TPSA) is 32.3 Å². The molecule has 0 saturated carbocycles. The Hall–Kier alpha value is -1.77. The Morgan fingerprint density at radius 1 is 0.947 bits per heavy atom. The Balaban J connectivity index is 2.07. The van der Waals surface area contributed by atoms with Crippen LogP contribution in [0.25, 0.3) is 0 Å². The zero-order chi connectivity index (χ0) is 13.8. The molecule has 0 aliphatic rings. The van der Waals surface area contributed by atoms with E-state index in [0.717, 1.165) is 11.4 Å². The molecule has 4 heteroatoms. The van der Waals surface area contributed by atoms with Crippen molar-refractivity contribution in [1.82, 2.24) is 0 Å². The Labute approximate surface area is 121 Å². The average Bonchev–Trinajstić information content (AvgIpc) is 2.41. The summed E-state index contributed by atoms with van der Waals surface area (Å²) >= 11 is 2.26. The van der Waals surface area contributed by atoms with Gasteiger partial charge >= 0.3 is 121 Å². The zero-order valence-corrected chi connectivity index (χ0v) is 12.8. The van der Waals surface area contributed by atoms with Gasteiger partial charge in [0.1, 0.15) is 0 Å². The van der Waals surface area contributed by atoms with Crippen molar-refractivity contribution in [3.8, 4) is 0 Å². The fourth-order valence-electron chi connectivity index (χ4n) is 1.62. The minimum absolute atomic E-state index is 0.173. The maximum absolute atomic E-state index is 12.1. The number of carbonyl (C=O) groups is 1. The van der Waals surface area contributed by atoms with Crippen molar-refractivity contribution in [3.63, 3.8) is 0 Å². The number of carbonyl (C=O) groups excluding carboxylic acids is 1. The van der Waals surface area contributed by atoms with Crippen molar-refractivity contribution in [2.75, 3.05) is 9.23 Å². The molecule has 2 rings (SSSR count). The third kappa shape index (κ3) is 3.60. The van der Waals surface area contributed by atoms with E-state index < -0.39 is 0 Å². The first-order chi connectivity index (χ1) is 9.06.